The van der Waals surface area contributed by atoms with E-state index in [2.05, 4.69) is 16.0 Å². The van der Waals surface area contributed by atoms with Gasteiger partial charge in [0.2, 0.25) is 0 Å². The number of allylic oxidation sites excluding steroid dienone is 1. The zero-order valence-corrected chi connectivity index (χ0v) is 18.2. The summed E-state index contributed by atoms with van der Waals surface area (Å²) in [5.74, 6) is 1.27. The van der Waals surface area contributed by atoms with Crippen LogP contribution >= 0.6 is 0 Å². The van der Waals surface area contributed by atoms with Crippen LogP contribution in [0.25, 0.3) is 22.7 Å². The van der Waals surface area contributed by atoms with E-state index >= 15 is 0 Å². The first kappa shape index (κ1) is 22.1. The Morgan fingerprint density at radius 3 is 2.59 bits per heavy atom. The number of imidazole rings is 1. The third kappa shape index (κ3) is 4.40. The molecule has 1 aromatic heterocycles. The summed E-state index contributed by atoms with van der Waals surface area (Å²) in [6.07, 6.45) is 1.67. The quantitative estimate of drug-likeness (QED) is 0.231. The number of fused-ring (bicyclic) bond motifs is 1. The van der Waals surface area contributed by atoms with Gasteiger partial charge in [-0.25, -0.2) is 4.98 Å². The number of rotatable bonds is 6. The van der Waals surface area contributed by atoms with Crippen molar-refractivity contribution < 1.29 is 14.4 Å². The smallest absolute Gasteiger partial charge is 0.271 e. The number of hydrogen-bond acceptors (Lipinski definition) is 7. The summed E-state index contributed by atoms with van der Waals surface area (Å²) in [6, 6.07) is 18.7. The zero-order chi connectivity index (χ0) is 24.2. The molecule has 0 fully saturated rings. The number of nitriles is 2. The average Bonchev–Trinajstić information content (AvgIpc) is 3.26. The van der Waals surface area contributed by atoms with Crippen LogP contribution in [0.5, 0.6) is 17.2 Å². The largest absolute Gasteiger partial charge is 0.493 e. The molecule has 0 bridgehead atoms. The number of nitro benzene ring substituents is 1. The van der Waals surface area contributed by atoms with Gasteiger partial charge in [0.05, 0.1) is 28.6 Å². The number of ether oxygens (including phenoxy) is 2. The van der Waals surface area contributed by atoms with E-state index in [1.807, 2.05) is 31.2 Å². The molecule has 9 nitrogen and oxygen atoms in total. The van der Waals surface area contributed by atoms with Gasteiger partial charge in [-0.2, -0.15) is 10.5 Å². The minimum absolute atomic E-state index is 0.0205. The Hall–Kier alpha value is -5.15. The molecular formula is C25H17N5O4. The standard InChI is InChI=1S/C25H17N5O4/c1-15-3-6-20-21(9-15)29-25(28-20)18(14-27)10-16-4-7-23(24(11-16)33-2)34-22-8-5-19(30(31)32)12-17(22)13-26/h3-12H,1-2H3,(H,28,29)/b18-10+. The van der Waals surface area contributed by atoms with Crippen LogP contribution in [0.3, 0.4) is 0 Å². The molecule has 0 saturated carbocycles. The number of aromatic amines is 1. The molecule has 9 heteroatoms. The molecule has 0 saturated heterocycles. The van der Waals surface area contributed by atoms with Crippen molar-refractivity contribution in [2.75, 3.05) is 7.11 Å². The Morgan fingerprint density at radius 1 is 1.09 bits per heavy atom. The summed E-state index contributed by atoms with van der Waals surface area (Å²) in [5, 5.41) is 30.0. The van der Waals surface area contributed by atoms with E-state index in [-0.39, 0.29) is 17.0 Å². The molecule has 0 aliphatic carbocycles. The minimum Gasteiger partial charge on any atom is -0.493 e. The van der Waals surface area contributed by atoms with E-state index in [1.54, 1.807) is 24.3 Å². The number of aromatic nitrogens is 2. The molecule has 34 heavy (non-hydrogen) atoms. The van der Waals surface area contributed by atoms with E-state index in [1.165, 1.54) is 19.2 Å². The van der Waals surface area contributed by atoms with Crippen LogP contribution in [0, 0.1) is 39.7 Å². The molecule has 1 N–H and O–H groups in total. The van der Waals surface area contributed by atoms with Gasteiger partial charge in [-0.15, -0.1) is 0 Å². The monoisotopic (exact) mass is 451 g/mol. The van der Waals surface area contributed by atoms with Crippen molar-refractivity contribution >= 4 is 28.4 Å². The number of non-ortho nitro benzene ring substituents is 1. The number of nitrogens with zero attached hydrogens (tertiary/aromatic N) is 4. The maximum absolute atomic E-state index is 11.0. The molecule has 0 amide bonds. The van der Waals surface area contributed by atoms with Crippen LogP contribution < -0.4 is 9.47 Å². The number of H-pyrrole nitrogens is 1. The van der Waals surface area contributed by atoms with Crippen molar-refractivity contribution in [3.8, 4) is 29.4 Å². The van der Waals surface area contributed by atoms with Crippen molar-refractivity contribution in [3.63, 3.8) is 0 Å². The van der Waals surface area contributed by atoms with Gasteiger partial charge in [-0.3, -0.25) is 10.1 Å². The first-order valence-electron chi connectivity index (χ1n) is 10.0. The highest BCUT2D eigenvalue weighted by molar-refractivity contribution is 5.90. The van der Waals surface area contributed by atoms with Gasteiger partial charge >= 0.3 is 0 Å². The minimum atomic E-state index is -0.581. The van der Waals surface area contributed by atoms with E-state index < -0.39 is 4.92 Å². The number of nitrogens with one attached hydrogen (secondary N) is 1. The second-order valence-corrected chi connectivity index (χ2v) is 7.34. The SMILES string of the molecule is COc1cc(/C=C(\C#N)c2nc3ccc(C)cc3[nH]2)ccc1Oc1ccc([N+](=O)[O-])cc1C#N. The van der Waals surface area contributed by atoms with Crippen molar-refractivity contribution in [3.05, 3.63) is 87.2 Å². The molecule has 166 valence electrons. The maximum atomic E-state index is 11.0. The van der Waals surface area contributed by atoms with E-state index in [9.17, 15) is 20.6 Å². The highest BCUT2D eigenvalue weighted by Crippen LogP contribution is 2.35. The Balaban J connectivity index is 1.66. The third-order valence-corrected chi connectivity index (χ3v) is 5.03. The lowest BCUT2D eigenvalue weighted by molar-refractivity contribution is -0.384. The van der Waals surface area contributed by atoms with Crippen LogP contribution in [0.15, 0.2) is 54.6 Å². The topological polar surface area (TPSA) is 138 Å². The summed E-state index contributed by atoms with van der Waals surface area (Å²) in [4.78, 5) is 18.0. The normalized spacial score (nSPS) is 11.0. The molecular weight excluding hydrogens is 434 g/mol. The number of aryl methyl sites for hydroxylation is 1. The van der Waals surface area contributed by atoms with Gasteiger partial charge in [0, 0.05) is 12.1 Å². The molecule has 4 aromatic rings. The van der Waals surface area contributed by atoms with Gasteiger partial charge in [-0.05, 0) is 54.5 Å². The van der Waals surface area contributed by atoms with Crippen molar-refractivity contribution in [1.29, 1.82) is 10.5 Å². The second-order valence-electron chi connectivity index (χ2n) is 7.34. The van der Waals surface area contributed by atoms with Crippen molar-refractivity contribution in [2.24, 2.45) is 0 Å². The fraction of sp³-hybridized carbons (Fsp3) is 0.0800. The van der Waals surface area contributed by atoms with Gasteiger partial charge in [0.1, 0.15) is 29.3 Å². The van der Waals surface area contributed by atoms with E-state index in [0.29, 0.717) is 28.5 Å². The number of nitro groups is 1. The Kier molecular flexibility index (Phi) is 5.93. The first-order valence-corrected chi connectivity index (χ1v) is 10.0. The summed E-state index contributed by atoms with van der Waals surface area (Å²) < 4.78 is 11.2. The Labute approximate surface area is 194 Å². The van der Waals surface area contributed by atoms with Crippen LogP contribution in [0.2, 0.25) is 0 Å². The summed E-state index contributed by atoms with van der Waals surface area (Å²) in [7, 11) is 1.46. The van der Waals surface area contributed by atoms with Crippen molar-refractivity contribution in [1.82, 2.24) is 9.97 Å². The van der Waals surface area contributed by atoms with Gasteiger partial charge < -0.3 is 14.5 Å². The average molecular weight is 451 g/mol. The maximum Gasteiger partial charge on any atom is 0.271 e. The van der Waals surface area contributed by atoms with E-state index in [0.717, 1.165) is 22.7 Å². The predicted molar refractivity (Wildman–Crippen MR) is 125 cm³/mol. The Morgan fingerprint density at radius 2 is 1.88 bits per heavy atom. The zero-order valence-electron chi connectivity index (χ0n) is 18.2. The van der Waals surface area contributed by atoms with E-state index in [4.69, 9.17) is 9.47 Å². The lowest BCUT2D eigenvalue weighted by atomic mass is 10.1. The number of methoxy groups -OCH3 is 1. The molecule has 3 aromatic carbocycles. The van der Waals surface area contributed by atoms with Crippen LogP contribution in [0.1, 0.15) is 22.5 Å². The number of benzene rings is 3. The molecule has 1 heterocycles. The van der Waals surface area contributed by atoms with Gasteiger partial charge in [0.15, 0.2) is 11.5 Å². The highest BCUT2D eigenvalue weighted by atomic mass is 16.6. The third-order valence-electron chi connectivity index (χ3n) is 5.03. The molecule has 4 rings (SSSR count). The van der Waals surface area contributed by atoms with Crippen LogP contribution in [0.4, 0.5) is 5.69 Å². The lowest BCUT2D eigenvalue weighted by Gasteiger charge is -2.12. The van der Waals surface area contributed by atoms with Crippen LogP contribution in [-0.2, 0) is 0 Å². The Bertz CT molecular complexity index is 1540. The molecule has 0 aliphatic heterocycles. The molecule has 0 radical (unpaired) electrons. The fourth-order valence-corrected chi connectivity index (χ4v) is 3.36. The predicted octanol–water partition coefficient (Wildman–Crippen LogP) is 5.52. The second kappa shape index (κ2) is 9.15. The molecule has 0 unspecified atom stereocenters. The van der Waals surface area contributed by atoms with Crippen molar-refractivity contribution in [2.45, 2.75) is 6.92 Å². The fourth-order valence-electron chi connectivity index (χ4n) is 3.36. The molecule has 0 atom stereocenters. The summed E-state index contributed by atoms with van der Waals surface area (Å²) >= 11 is 0. The highest BCUT2D eigenvalue weighted by Gasteiger charge is 2.15. The lowest BCUT2D eigenvalue weighted by Crippen LogP contribution is -1.95. The summed E-state index contributed by atoms with van der Waals surface area (Å²) in [5.41, 5.74) is 3.51. The van der Waals surface area contributed by atoms with Gasteiger partial charge in [0.25, 0.3) is 5.69 Å². The first-order chi connectivity index (χ1) is 16.4. The molecule has 0 aliphatic rings. The summed E-state index contributed by atoms with van der Waals surface area (Å²) in [6.45, 7) is 1.98. The molecule has 0 spiro atoms. The van der Waals surface area contributed by atoms with Gasteiger partial charge in [-0.1, -0.05) is 12.1 Å². The van der Waals surface area contributed by atoms with Crippen LogP contribution in [-0.4, -0.2) is 22.0 Å². The number of hydrogen-bond donors (Lipinski definition) is 1.